The molecule has 0 radical (unpaired) electrons. The van der Waals surface area contributed by atoms with E-state index in [1.807, 2.05) is 0 Å². The minimum atomic E-state index is -0.398. The zero-order chi connectivity index (χ0) is 14.8. The smallest absolute Gasteiger partial charge is 0.273 e. The number of rotatable bonds is 2. The zero-order valence-electron chi connectivity index (χ0n) is 11.3. The molecule has 21 heavy (non-hydrogen) atoms. The van der Waals surface area contributed by atoms with Gasteiger partial charge >= 0.3 is 0 Å². The van der Waals surface area contributed by atoms with E-state index < -0.39 is 6.04 Å². The molecule has 3 heterocycles. The molecule has 7 nitrogen and oxygen atoms in total. The van der Waals surface area contributed by atoms with E-state index in [2.05, 4.69) is 15.1 Å². The molecule has 0 N–H and O–H groups in total. The Morgan fingerprint density at radius 3 is 3.00 bits per heavy atom. The average molecular weight is 309 g/mol. The van der Waals surface area contributed by atoms with Crippen LogP contribution in [0.3, 0.4) is 0 Å². The molecule has 1 aliphatic heterocycles. The summed E-state index contributed by atoms with van der Waals surface area (Å²) in [4.78, 5) is 22.4. The summed E-state index contributed by atoms with van der Waals surface area (Å²) in [5.74, 6) is 0.679. The van der Waals surface area contributed by atoms with Crippen molar-refractivity contribution < 1.29 is 14.1 Å². The number of halogens is 1. The summed E-state index contributed by atoms with van der Waals surface area (Å²) in [6, 6.07) is 2.83. The second kappa shape index (κ2) is 5.79. The maximum absolute atomic E-state index is 12.6. The third-order valence-corrected chi connectivity index (χ3v) is 3.39. The summed E-state index contributed by atoms with van der Waals surface area (Å²) in [7, 11) is 0. The van der Waals surface area contributed by atoms with E-state index in [4.69, 9.17) is 20.9 Å². The summed E-state index contributed by atoms with van der Waals surface area (Å²) in [5.41, 5.74) is 0.322. The van der Waals surface area contributed by atoms with Gasteiger partial charge < -0.3 is 14.2 Å². The summed E-state index contributed by atoms with van der Waals surface area (Å²) in [6.45, 7) is 2.95. The maximum atomic E-state index is 12.6. The fourth-order valence-electron chi connectivity index (χ4n) is 2.15. The van der Waals surface area contributed by atoms with E-state index >= 15 is 0 Å². The lowest BCUT2D eigenvalue weighted by molar-refractivity contribution is -0.0122. The summed E-state index contributed by atoms with van der Waals surface area (Å²) < 4.78 is 10.6. The number of morpholine rings is 1. The lowest BCUT2D eigenvalue weighted by atomic mass is 10.2. The monoisotopic (exact) mass is 308 g/mol. The van der Waals surface area contributed by atoms with Crippen LogP contribution in [0.25, 0.3) is 0 Å². The first-order valence-corrected chi connectivity index (χ1v) is 6.83. The molecule has 2 aromatic heterocycles. The number of amides is 1. The summed E-state index contributed by atoms with van der Waals surface area (Å²) >= 11 is 5.79. The number of aryl methyl sites for hydroxylation is 1. The third kappa shape index (κ3) is 2.88. The van der Waals surface area contributed by atoms with Crippen molar-refractivity contribution in [3.63, 3.8) is 0 Å². The van der Waals surface area contributed by atoms with Gasteiger partial charge in [-0.25, -0.2) is 4.98 Å². The Hall–Kier alpha value is -1.99. The minimum Gasteiger partial charge on any atom is -0.377 e. The van der Waals surface area contributed by atoms with Gasteiger partial charge in [-0.3, -0.25) is 4.79 Å². The number of hydrogen-bond acceptors (Lipinski definition) is 6. The summed E-state index contributed by atoms with van der Waals surface area (Å²) in [5, 5.41) is 4.24. The van der Waals surface area contributed by atoms with Crippen molar-refractivity contribution in [2.45, 2.75) is 13.0 Å². The normalized spacial score (nSPS) is 18.8. The van der Waals surface area contributed by atoms with Crippen LogP contribution >= 0.6 is 11.6 Å². The minimum absolute atomic E-state index is 0.212. The Morgan fingerprint density at radius 2 is 2.33 bits per heavy atom. The first kappa shape index (κ1) is 14.0. The van der Waals surface area contributed by atoms with Gasteiger partial charge in [-0.2, -0.15) is 4.98 Å². The Morgan fingerprint density at radius 1 is 1.48 bits per heavy atom. The van der Waals surface area contributed by atoms with Crippen molar-refractivity contribution in [2.75, 3.05) is 19.8 Å². The molecule has 110 valence electrons. The van der Waals surface area contributed by atoms with E-state index in [1.54, 1.807) is 24.0 Å². The van der Waals surface area contributed by atoms with Crippen LogP contribution in [0, 0.1) is 6.92 Å². The molecule has 0 aliphatic carbocycles. The molecule has 1 fully saturated rings. The number of pyridine rings is 1. The predicted molar refractivity (Wildman–Crippen MR) is 72.9 cm³/mol. The van der Waals surface area contributed by atoms with Crippen LogP contribution in [0.5, 0.6) is 0 Å². The molecule has 0 bridgehead atoms. The van der Waals surface area contributed by atoms with Crippen molar-refractivity contribution in [3.8, 4) is 0 Å². The van der Waals surface area contributed by atoms with Crippen molar-refractivity contribution in [1.29, 1.82) is 0 Å². The summed E-state index contributed by atoms with van der Waals surface area (Å²) in [6.07, 6.45) is 1.45. The quantitative estimate of drug-likeness (QED) is 0.839. The molecule has 1 aliphatic rings. The van der Waals surface area contributed by atoms with E-state index in [0.29, 0.717) is 42.2 Å². The topological polar surface area (TPSA) is 81.4 Å². The molecule has 2 aromatic rings. The molecule has 1 atom stereocenters. The van der Waals surface area contributed by atoms with Crippen LogP contribution in [-0.4, -0.2) is 45.7 Å². The SMILES string of the molecule is Cc1noc([C@H]2COCCN2C(=O)c2ccc(Cl)cn2)n1. The van der Waals surface area contributed by atoms with Crippen molar-refractivity contribution in [3.05, 3.63) is 40.8 Å². The van der Waals surface area contributed by atoms with Crippen LogP contribution in [0.1, 0.15) is 28.2 Å². The van der Waals surface area contributed by atoms with Gasteiger partial charge in [0.1, 0.15) is 11.7 Å². The lowest BCUT2D eigenvalue weighted by Crippen LogP contribution is -2.43. The Kier molecular flexibility index (Phi) is 3.85. The number of carbonyl (C=O) groups excluding carboxylic acids is 1. The molecule has 3 rings (SSSR count). The Bertz CT molecular complexity index is 643. The number of carbonyl (C=O) groups is 1. The first-order valence-electron chi connectivity index (χ1n) is 6.45. The van der Waals surface area contributed by atoms with E-state index in [1.165, 1.54) is 6.20 Å². The van der Waals surface area contributed by atoms with Gasteiger partial charge in [0.05, 0.1) is 18.2 Å². The second-order valence-electron chi connectivity index (χ2n) is 4.63. The number of nitrogens with zero attached hydrogens (tertiary/aromatic N) is 4. The largest absolute Gasteiger partial charge is 0.377 e. The standard InChI is InChI=1S/C13H13ClN4O3/c1-8-16-12(21-17-8)11-7-20-5-4-18(11)13(19)10-3-2-9(14)6-15-10/h2-3,6,11H,4-5,7H2,1H3/t11-/m1/s1. The molecule has 1 saturated heterocycles. The number of ether oxygens (including phenoxy) is 1. The average Bonchev–Trinajstić information content (AvgIpc) is 2.94. The van der Waals surface area contributed by atoms with Crippen LogP contribution in [-0.2, 0) is 4.74 Å². The van der Waals surface area contributed by atoms with Crippen molar-refractivity contribution in [1.82, 2.24) is 20.0 Å². The van der Waals surface area contributed by atoms with E-state index in [9.17, 15) is 4.79 Å². The van der Waals surface area contributed by atoms with Gasteiger partial charge in [-0.15, -0.1) is 0 Å². The molecule has 0 saturated carbocycles. The molecule has 1 amide bonds. The van der Waals surface area contributed by atoms with Crippen LogP contribution < -0.4 is 0 Å². The van der Waals surface area contributed by atoms with Crippen LogP contribution in [0.2, 0.25) is 5.02 Å². The van der Waals surface area contributed by atoms with Crippen LogP contribution in [0.15, 0.2) is 22.9 Å². The first-order chi connectivity index (χ1) is 10.1. The fraction of sp³-hybridized carbons (Fsp3) is 0.385. The van der Waals surface area contributed by atoms with Crippen LogP contribution in [0.4, 0.5) is 0 Å². The molecule has 0 aromatic carbocycles. The van der Waals surface area contributed by atoms with Crippen molar-refractivity contribution in [2.24, 2.45) is 0 Å². The molecular formula is C13H13ClN4O3. The van der Waals surface area contributed by atoms with Gasteiger partial charge in [-0.05, 0) is 19.1 Å². The van der Waals surface area contributed by atoms with E-state index in [-0.39, 0.29) is 5.91 Å². The van der Waals surface area contributed by atoms with Gasteiger partial charge in [0.2, 0.25) is 0 Å². The zero-order valence-corrected chi connectivity index (χ0v) is 12.1. The van der Waals surface area contributed by atoms with Gasteiger partial charge in [0.15, 0.2) is 5.82 Å². The number of aromatic nitrogens is 3. The highest BCUT2D eigenvalue weighted by Gasteiger charge is 2.33. The Labute approximate surface area is 125 Å². The van der Waals surface area contributed by atoms with Gasteiger partial charge in [-0.1, -0.05) is 16.8 Å². The van der Waals surface area contributed by atoms with Gasteiger partial charge in [0.25, 0.3) is 11.8 Å². The van der Waals surface area contributed by atoms with E-state index in [0.717, 1.165) is 0 Å². The lowest BCUT2D eigenvalue weighted by Gasteiger charge is -2.33. The third-order valence-electron chi connectivity index (χ3n) is 3.16. The molecule has 0 unspecified atom stereocenters. The highest BCUT2D eigenvalue weighted by molar-refractivity contribution is 6.30. The van der Waals surface area contributed by atoms with Gasteiger partial charge in [0, 0.05) is 12.7 Å². The highest BCUT2D eigenvalue weighted by atomic mass is 35.5. The second-order valence-corrected chi connectivity index (χ2v) is 5.07. The molecule has 8 heteroatoms. The Balaban J connectivity index is 1.87. The fourth-order valence-corrected chi connectivity index (χ4v) is 2.26. The molecular weight excluding hydrogens is 296 g/mol. The highest BCUT2D eigenvalue weighted by Crippen LogP contribution is 2.24. The maximum Gasteiger partial charge on any atom is 0.273 e. The number of hydrogen-bond donors (Lipinski definition) is 0. The van der Waals surface area contributed by atoms with Crippen molar-refractivity contribution >= 4 is 17.5 Å². The predicted octanol–water partition coefficient (Wildman–Crippen LogP) is 1.64. The molecule has 0 spiro atoms.